The molecule has 5 nitrogen and oxygen atoms in total. The Morgan fingerprint density at radius 3 is 2.48 bits per heavy atom. The van der Waals surface area contributed by atoms with Crippen LogP contribution in [0.4, 0.5) is 9.18 Å². The molecule has 0 radical (unpaired) electrons. The predicted molar refractivity (Wildman–Crippen MR) is 90.4 cm³/mol. The predicted octanol–water partition coefficient (Wildman–Crippen LogP) is 2.98. The Hall–Kier alpha value is -2.44. The summed E-state index contributed by atoms with van der Waals surface area (Å²) in [5.74, 6) is -1.11. The van der Waals surface area contributed by atoms with Crippen LogP contribution in [0.1, 0.15) is 24.2 Å². The molecule has 25 heavy (non-hydrogen) atoms. The van der Waals surface area contributed by atoms with Crippen LogP contribution in [-0.4, -0.2) is 28.5 Å². The lowest BCUT2D eigenvalue weighted by atomic mass is 9.92. The number of aliphatic hydroxyl groups is 1. The Balaban J connectivity index is 1.84. The van der Waals surface area contributed by atoms with E-state index in [-0.39, 0.29) is 12.1 Å². The Kier molecular flexibility index (Phi) is 4.49. The van der Waals surface area contributed by atoms with Gasteiger partial charge in [-0.05, 0) is 30.7 Å². The van der Waals surface area contributed by atoms with Crippen LogP contribution in [0, 0.1) is 5.82 Å². The van der Waals surface area contributed by atoms with Gasteiger partial charge in [-0.3, -0.25) is 9.69 Å². The van der Waals surface area contributed by atoms with E-state index in [2.05, 4.69) is 5.32 Å². The van der Waals surface area contributed by atoms with Crippen LogP contribution < -0.4 is 5.32 Å². The van der Waals surface area contributed by atoms with Crippen LogP contribution in [-0.2, 0) is 10.3 Å². The van der Waals surface area contributed by atoms with Gasteiger partial charge in [-0.2, -0.15) is 0 Å². The number of nitrogens with one attached hydrogen (secondary N) is 1. The second-order valence-corrected chi connectivity index (χ2v) is 6.45. The maximum atomic E-state index is 13.8. The first-order valence-electron chi connectivity index (χ1n) is 7.65. The molecule has 0 aliphatic carbocycles. The number of rotatable bonds is 4. The van der Waals surface area contributed by atoms with Gasteiger partial charge < -0.3 is 10.4 Å². The maximum Gasteiger partial charge on any atom is 0.325 e. The molecule has 1 fully saturated rings. The lowest BCUT2D eigenvalue weighted by molar-refractivity contribution is -0.132. The molecule has 2 unspecified atom stereocenters. The van der Waals surface area contributed by atoms with Crippen molar-refractivity contribution in [1.29, 1.82) is 0 Å². The van der Waals surface area contributed by atoms with Gasteiger partial charge in [0, 0.05) is 10.6 Å². The van der Waals surface area contributed by atoms with Gasteiger partial charge in [-0.25, -0.2) is 9.18 Å². The van der Waals surface area contributed by atoms with Crippen molar-refractivity contribution in [3.05, 3.63) is 70.5 Å². The topological polar surface area (TPSA) is 69.6 Å². The first kappa shape index (κ1) is 17.4. The molecule has 2 aromatic rings. The van der Waals surface area contributed by atoms with Gasteiger partial charge >= 0.3 is 6.03 Å². The van der Waals surface area contributed by atoms with Crippen LogP contribution in [0.5, 0.6) is 0 Å². The molecule has 2 N–H and O–H groups in total. The number of β-amino-alcohol motifs (C(OH)–C–C–N with tert-alkyl or cyclic N) is 1. The van der Waals surface area contributed by atoms with Crippen molar-refractivity contribution in [2.45, 2.75) is 18.6 Å². The van der Waals surface area contributed by atoms with E-state index in [0.717, 1.165) is 4.90 Å². The summed E-state index contributed by atoms with van der Waals surface area (Å²) in [7, 11) is 0. The summed E-state index contributed by atoms with van der Waals surface area (Å²) in [6, 6.07) is 11.6. The molecule has 1 aliphatic rings. The van der Waals surface area contributed by atoms with E-state index < -0.39 is 29.4 Å². The maximum absolute atomic E-state index is 13.8. The molecule has 2 atom stereocenters. The molecule has 1 saturated heterocycles. The van der Waals surface area contributed by atoms with Crippen molar-refractivity contribution in [2.24, 2.45) is 0 Å². The molecule has 3 amide bonds. The molecule has 2 aromatic carbocycles. The van der Waals surface area contributed by atoms with Gasteiger partial charge in [0.2, 0.25) is 0 Å². The molecule has 1 aliphatic heterocycles. The summed E-state index contributed by atoms with van der Waals surface area (Å²) >= 11 is 5.86. The molecule has 0 bridgehead atoms. The number of amides is 3. The van der Waals surface area contributed by atoms with Crippen molar-refractivity contribution >= 4 is 23.5 Å². The lowest BCUT2D eigenvalue weighted by Crippen LogP contribution is -2.41. The number of aliphatic hydroxyl groups excluding tert-OH is 1. The molecule has 0 saturated carbocycles. The van der Waals surface area contributed by atoms with Crippen LogP contribution in [0.3, 0.4) is 0 Å². The zero-order chi connectivity index (χ0) is 18.2. The van der Waals surface area contributed by atoms with E-state index in [0.29, 0.717) is 10.6 Å². The normalized spacial score (nSPS) is 21.4. The van der Waals surface area contributed by atoms with Crippen LogP contribution in [0.15, 0.2) is 48.5 Å². The number of carbonyl (C=O) groups is 2. The van der Waals surface area contributed by atoms with E-state index in [1.54, 1.807) is 37.3 Å². The molecular weight excluding hydrogens is 347 g/mol. The van der Waals surface area contributed by atoms with Gasteiger partial charge in [-0.15, -0.1) is 0 Å². The molecule has 0 aromatic heterocycles. The van der Waals surface area contributed by atoms with E-state index in [4.69, 9.17) is 11.6 Å². The highest BCUT2D eigenvalue weighted by Crippen LogP contribution is 2.31. The second kappa shape index (κ2) is 6.46. The second-order valence-electron chi connectivity index (χ2n) is 6.02. The number of halogens is 2. The zero-order valence-corrected chi connectivity index (χ0v) is 14.1. The third-order valence-corrected chi connectivity index (χ3v) is 4.57. The average Bonchev–Trinajstić information content (AvgIpc) is 2.80. The fourth-order valence-electron chi connectivity index (χ4n) is 2.86. The van der Waals surface area contributed by atoms with Gasteiger partial charge in [0.25, 0.3) is 5.91 Å². The summed E-state index contributed by atoms with van der Waals surface area (Å²) in [5.41, 5.74) is -0.669. The minimum atomic E-state index is -1.32. The smallest absolute Gasteiger partial charge is 0.325 e. The summed E-state index contributed by atoms with van der Waals surface area (Å²) < 4.78 is 13.8. The largest absolute Gasteiger partial charge is 0.386 e. The highest BCUT2D eigenvalue weighted by molar-refractivity contribution is 6.30. The molecule has 0 spiro atoms. The fraction of sp³-hybridized carbons (Fsp3) is 0.222. The highest BCUT2D eigenvalue weighted by atomic mass is 35.5. The Bertz CT molecular complexity index is 827. The minimum Gasteiger partial charge on any atom is -0.386 e. The summed E-state index contributed by atoms with van der Waals surface area (Å²) in [5, 5.41) is 13.4. The Morgan fingerprint density at radius 1 is 1.20 bits per heavy atom. The van der Waals surface area contributed by atoms with Gasteiger partial charge in [0.05, 0.1) is 12.6 Å². The number of nitrogens with zero attached hydrogens (tertiary/aromatic N) is 1. The molecule has 7 heteroatoms. The Labute approximate surface area is 149 Å². The zero-order valence-electron chi connectivity index (χ0n) is 13.4. The summed E-state index contributed by atoms with van der Waals surface area (Å²) in [6.07, 6.45) is -1.32. The standard InChI is InChI=1S/C18H16ClFN2O3/c1-18(11-6-8-12(19)9-7-11)16(24)22(17(25)21-18)10-15(23)13-4-2-3-5-14(13)20/h2-9,15,23H,10H2,1H3,(H,21,25). The minimum absolute atomic E-state index is 0.0307. The number of imide groups is 1. The van der Waals surface area contributed by atoms with E-state index in [1.807, 2.05) is 0 Å². The van der Waals surface area contributed by atoms with Crippen molar-refractivity contribution in [2.75, 3.05) is 6.54 Å². The van der Waals surface area contributed by atoms with Crippen LogP contribution >= 0.6 is 11.6 Å². The average molecular weight is 363 g/mol. The molecule has 130 valence electrons. The van der Waals surface area contributed by atoms with Crippen LogP contribution in [0.25, 0.3) is 0 Å². The monoisotopic (exact) mass is 362 g/mol. The fourth-order valence-corrected chi connectivity index (χ4v) is 2.98. The van der Waals surface area contributed by atoms with Crippen molar-refractivity contribution in [1.82, 2.24) is 10.2 Å². The number of urea groups is 1. The Morgan fingerprint density at radius 2 is 1.84 bits per heavy atom. The van der Waals surface area contributed by atoms with Gasteiger partial charge in [0.15, 0.2) is 0 Å². The SMILES string of the molecule is CC1(c2ccc(Cl)cc2)NC(=O)N(CC(O)c2ccccc2F)C1=O. The van der Waals surface area contributed by atoms with Crippen molar-refractivity contribution in [3.8, 4) is 0 Å². The van der Waals surface area contributed by atoms with E-state index in [1.165, 1.54) is 18.2 Å². The third kappa shape index (κ3) is 3.10. The van der Waals surface area contributed by atoms with E-state index in [9.17, 15) is 19.1 Å². The number of carbonyl (C=O) groups excluding carboxylic acids is 2. The van der Waals surface area contributed by atoms with Crippen molar-refractivity contribution < 1.29 is 19.1 Å². The first-order chi connectivity index (χ1) is 11.8. The molecule has 1 heterocycles. The first-order valence-corrected chi connectivity index (χ1v) is 8.03. The summed E-state index contributed by atoms with van der Waals surface area (Å²) in [6.45, 7) is 1.24. The lowest BCUT2D eigenvalue weighted by Gasteiger charge is -2.23. The van der Waals surface area contributed by atoms with Gasteiger partial charge in [0.1, 0.15) is 11.4 Å². The third-order valence-electron chi connectivity index (χ3n) is 4.32. The van der Waals surface area contributed by atoms with Gasteiger partial charge in [-0.1, -0.05) is 41.9 Å². The number of benzene rings is 2. The molecular formula is C18H16ClFN2O3. The quantitative estimate of drug-likeness (QED) is 0.821. The van der Waals surface area contributed by atoms with E-state index >= 15 is 0 Å². The molecule has 3 rings (SSSR count). The number of hydrogen-bond acceptors (Lipinski definition) is 3. The van der Waals surface area contributed by atoms with Crippen LogP contribution in [0.2, 0.25) is 5.02 Å². The summed E-state index contributed by atoms with van der Waals surface area (Å²) in [4.78, 5) is 25.9. The van der Waals surface area contributed by atoms with Crippen molar-refractivity contribution in [3.63, 3.8) is 0 Å². The highest BCUT2D eigenvalue weighted by Gasteiger charge is 2.49. The number of hydrogen-bond donors (Lipinski definition) is 2.